The smallest absolute Gasteiger partial charge is 0.271 e. The average molecular weight is 449 g/mol. The number of aromatic nitrogens is 1. The number of benzene rings is 2. The third kappa shape index (κ3) is 4.33. The van der Waals surface area contributed by atoms with Gasteiger partial charge in [-0.05, 0) is 42.0 Å². The number of amides is 1. The van der Waals surface area contributed by atoms with Crippen molar-refractivity contribution < 1.29 is 4.79 Å². The van der Waals surface area contributed by atoms with E-state index in [1.54, 1.807) is 18.2 Å². The van der Waals surface area contributed by atoms with E-state index in [1.807, 2.05) is 46.3 Å². The van der Waals surface area contributed by atoms with Crippen LogP contribution in [0.5, 0.6) is 0 Å². The van der Waals surface area contributed by atoms with Crippen molar-refractivity contribution in [1.82, 2.24) is 9.99 Å². The van der Waals surface area contributed by atoms with E-state index in [-0.39, 0.29) is 5.91 Å². The number of thiazole rings is 1. The SMILES string of the molecule is C=CCn1c(-c2ccc(Cl)cc2)cs/c1=N\NC(=O)c1ccc(Br)cc1. The van der Waals surface area contributed by atoms with Crippen LogP contribution in [0.25, 0.3) is 11.3 Å². The van der Waals surface area contributed by atoms with Gasteiger partial charge in [0.05, 0.1) is 5.69 Å². The molecule has 1 aromatic heterocycles. The van der Waals surface area contributed by atoms with Crippen molar-refractivity contribution in [2.75, 3.05) is 0 Å². The number of nitrogens with one attached hydrogen (secondary N) is 1. The molecule has 0 radical (unpaired) electrons. The average Bonchev–Trinajstić information content (AvgIpc) is 3.04. The molecule has 0 spiro atoms. The van der Waals surface area contributed by atoms with Crippen LogP contribution in [0.1, 0.15) is 10.4 Å². The van der Waals surface area contributed by atoms with Crippen molar-refractivity contribution in [2.24, 2.45) is 5.10 Å². The molecule has 26 heavy (non-hydrogen) atoms. The normalized spacial score (nSPS) is 11.4. The van der Waals surface area contributed by atoms with Gasteiger partial charge in [0.2, 0.25) is 4.80 Å². The summed E-state index contributed by atoms with van der Waals surface area (Å²) < 4.78 is 2.91. The van der Waals surface area contributed by atoms with Crippen LogP contribution in [0.4, 0.5) is 0 Å². The Hall–Kier alpha value is -2.15. The summed E-state index contributed by atoms with van der Waals surface area (Å²) in [5.74, 6) is -0.260. The molecule has 3 rings (SSSR count). The molecule has 0 aliphatic heterocycles. The molecular weight excluding hydrogens is 434 g/mol. The third-order valence-corrected chi connectivity index (χ3v) is 5.25. The summed E-state index contributed by atoms with van der Waals surface area (Å²) >= 11 is 10.8. The molecule has 2 aromatic carbocycles. The standard InChI is InChI=1S/C19H15BrClN3OS/c1-2-11-24-17(13-5-9-16(21)10-6-13)12-26-19(24)23-22-18(25)14-3-7-15(20)8-4-14/h2-10,12H,1,11H2,(H,22,25)/b23-19-. The lowest BCUT2D eigenvalue weighted by Crippen LogP contribution is -2.24. The van der Waals surface area contributed by atoms with Gasteiger partial charge >= 0.3 is 0 Å². The minimum absolute atomic E-state index is 0.260. The summed E-state index contributed by atoms with van der Waals surface area (Å²) in [5.41, 5.74) is 5.17. The number of rotatable bonds is 5. The van der Waals surface area contributed by atoms with Crippen molar-refractivity contribution in [3.63, 3.8) is 0 Å². The Balaban J connectivity index is 1.90. The van der Waals surface area contributed by atoms with Crippen molar-refractivity contribution >= 4 is 44.8 Å². The molecule has 0 atom stereocenters. The Bertz CT molecular complexity index is 991. The number of hydrogen-bond acceptors (Lipinski definition) is 3. The van der Waals surface area contributed by atoms with Crippen LogP contribution in [-0.2, 0) is 6.54 Å². The van der Waals surface area contributed by atoms with E-state index in [4.69, 9.17) is 11.6 Å². The van der Waals surface area contributed by atoms with Gasteiger partial charge in [-0.3, -0.25) is 4.79 Å². The monoisotopic (exact) mass is 447 g/mol. The van der Waals surface area contributed by atoms with E-state index in [9.17, 15) is 4.79 Å². The number of nitrogens with zero attached hydrogens (tertiary/aromatic N) is 2. The summed E-state index contributed by atoms with van der Waals surface area (Å²) in [7, 11) is 0. The van der Waals surface area contributed by atoms with Crippen molar-refractivity contribution in [2.45, 2.75) is 6.54 Å². The predicted molar refractivity (Wildman–Crippen MR) is 110 cm³/mol. The van der Waals surface area contributed by atoms with E-state index in [1.165, 1.54) is 11.3 Å². The first kappa shape index (κ1) is 18.6. The predicted octanol–water partition coefficient (Wildman–Crippen LogP) is 5.06. The molecule has 0 bridgehead atoms. The topological polar surface area (TPSA) is 46.4 Å². The van der Waals surface area contributed by atoms with E-state index < -0.39 is 0 Å². The van der Waals surface area contributed by atoms with Gasteiger partial charge < -0.3 is 4.57 Å². The quantitative estimate of drug-likeness (QED) is 0.430. The van der Waals surface area contributed by atoms with Gasteiger partial charge in [-0.2, -0.15) is 0 Å². The minimum Gasteiger partial charge on any atom is -0.311 e. The number of carbonyl (C=O) groups is 1. The summed E-state index contributed by atoms with van der Waals surface area (Å²) in [5, 5.41) is 6.97. The van der Waals surface area contributed by atoms with Crippen molar-refractivity contribution in [3.05, 3.63) is 86.4 Å². The highest BCUT2D eigenvalue weighted by Crippen LogP contribution is 2.22. The molecule has 1 amide bonds. The number of hydrogen-bond donors (Lipinski definition) is 1. The first-order valence-electron chi connectivity index (χ1n) is 7.73. The van der Waals surface area contributed by atoms with Gasteiger partial charge in [0.1, 0.15) is 0 Å². The highest BCUT2D eigenvalue weighted by atomic mass is 79.9. The molecule has 0 fully saturated rings. The summed E-state index contributed by atoms with van der Waals surface area (Å²) in [4.78, 5) is 12.9. The zero-order chi connectivity index (χ0) is 18.5. The first-order valence-corrected chi connectivity index (χ1v) is 9.78. The Morgan fingerprint density at radius 2 is 1.92 bits per heavy atom. The molecule has 1 heterocycles. The molecule has 0 saturated heterocycles. The highest BCUT2D eigenvalue weighted by Gasteiger charge is 2.08. The van der Waals surface area contributed by atoms with Gasteiger partial charge in [-0.25, -0.2) is 5.43 Å². The number of carbonyl (C=O) groups excluding carboxylic acids is 1. The Morgan fingerprint density at radius 3 is 2.58 bits per heavy atom. The zero-order valence-corrected chi connectivity index (χ0v) is 16.8. The fourth-order valence-corrected chi connectivity index (χ4v) is 3.61. The summed E-state index contributed by atoms with van der Waals surface area (Å²) in [6, 6.07) is 14.7. The molecule has 3 aromatic rings. The van der Waals surface area contributed by atoms with Gasteiger partial charge in [0.25, 0.3) is 5.91 Å². The summed E-state index contributed by atoms with van der Waals surface area (Å²) in [6.45, 7) is 4.38. The molecule has 0 unspecified atom stereocenters. The first-order chi connectivity index (χ1) is 12.6. The highest BCUT2D eigenvalue weighted by molar-refractivity contribution is 9.10. The molecule has 1 N–H and O–H groups in total. The third-order valence-electron chi connectivity index (χ3n) is 3.61. The summed E-state index contributed by atoms with van der Waals surface area (Å²) in [6.07, 6.45) is 1.79. The fraction of sp³-hybridized carbons (Fsp3) is 0.0526. The van der Waals surface area contributed by atoms with E-state index in [2.05, 4.69) is 33.0 Å². The van der Waals surface area contributed by atoms with Crippen LogP contribution in [0, 0.1) is 0 Å². The van der Waals surface area contributed by atoms with Crippen molar-refractivity contribution in [1.29, 1.82) is 0 Å². The fourth-order valence-electron chi connectivity index (χ4n) is 2.34. The number of halogens is 2. The number of allylic oxidation sites excluding steroid dienone is 1. The van der Waals surface area contributed by atoms with Gasteiger partial charge in [0, 0.05) is 27.0 Å². The lowest BCUT2D eigenvalue weighted by molar-refractivity contribution is 0.0953. The second kappa shape index (κ2) is 8.49. The van der Waals surface area contributed by atoms with Crippen LogP contribution < -0.4 is 10.2 Å². The Labute approximate surface area is 168 Å². The Kier molecular flexibility index (Phi) is 6.08. The maximum absolute atomic E-state index is 12.3. The zero-order valence-electron chi connectivity index (χ0n) is 13.7. The van der Waals surface area contributed by atoms with E-state index >= 15 is 0 Å². The van der Waals surface area contributed by atoms with Gasteiger partial charge in [0.15, 0.2) is 0 Å². The molecule has 4 nitrogen and oxygen atoms in total. The lowest BCUT2D eigenvalue weighted by atomic mass is 10.2. The maximum Gasteiger partial charge on any atom is 0.271 e. The Morgan fingerprint density at radius 1 is 1.23 bits per heavy atom. The molecule has 7 heteroatoms. The van der Waals surface area contributed by atoms with E-state index in [0.717, 1.165) is 15.7 Å². The van der Waals surface area contributed by atoms with Crippen LogP contribution in [-0.4, -0.2) is 10.5 Å². The molecule has 132 valence electrons. The van der Waals surface area contributed by atoms with Crippen molar-refractivity contribution in [3.8, 4) is 11.3 Å². The van der Waals surface area contributed by atoms with Gasteiger partial charge in [-0.15, -0.1) is 23.0 Å². The molecule has 0 saturated carbocycles. The molecular formula is C19H15BrClN3OS. The second-order valence-corrected chi connectivity index (χ2v) is 7.56. The van der Waals surface area contributed by atoms with Crippen LogP contribution in [0.2, 0.25) is 5.02 Å². The maximum atomic E-state index is 12.3. The van der Waals surface area contributed by atoms with E-state index in [0.29, 0.717) is 21.9 Å². The van der Waals surface area contributed by atoms with Crippen LogP contribution in [0.3, 0.4) is 0 Å². The minimum atomic E-state index is -0.260. The molecule has 0 aliphatic carbocycles. The molecule has 0 aliphatic rings. The second-order valence-electron chi connectivity index (χ2n) is 5.37. The largest absolute Gasteiger partial charge is 0.311 e. The van der Waals surface area contributed by atoms with Crippen LogP contribution in [0.15, 0.2) is 76.1 Å². The lowest BCUT2D eigenvalue weighted by Gasteiger charge is -2.07. The van der Waals surface area contributed by atoms with Crippen LogP contribution >= 0.6 is 38.9 Å². The van der Waals surface area contributed by atoms with Gasteiger partial charge in [-0.1, -0.05) is 45.7 Å².